The van der Waals surface area contributed by atoms with Crippen LogP contribution in [0.4, 0.5) is 17.6 Å². The van der Waals surface area contributed by atoms with Crippen LogP contribution in [-0.4, -0.2) is 0 Å². The van der Waals surface area contributed by atoms with Crippen molar-refractivity contribution < 1.29 is 17.6 Å². The first-order chi connectivity index (χ1) is 14.4. The van der Waals surface area contributed by atoms with Crippen molar-refractivity contribution in [2.75, 3.05) is 0 Å². The molecule has 0 amide bonds. The van der Waals surface area contributed by atoms with E-state index in [1.165, 1.54) is 12.1 Å². The molecule has 0 nitrogen and oxygen atoms in total. The summed E-state index contributed by atoms with van der Waals surface area (Å²) in [4.78, 5) is 0. The van der Waals surface area contributed by atoms with Gasteiger partial charge in [-0.2, -0.15) is 0 Å². The number of aryl methyl sites for hydroxylation is 1. The quantitative estimate of drug-likeness (QED) is 0.249. The van der Waals surface area contributed by atoms with Crippen LogP contribution in [0.2, 0.25) is 0 Å². The van der Waals surface area contributed by atoms with Gasteiger partial charge in [0.05, 0.1) is 5.56 Å². The lowest BCUT2D eigenvalue weighted by Crippen LogP contribution is -1.93. The largest absolute Gasteiger partial charge is 0.205 e. The van der Waals surface area contributed by atoms with Gasteiger partial charge in [-0.3, -0.25) is 0 Å². The molecule has 0 aliphatic heterocycles. The molecular formula is C26H16F4. The summed E-state index contributed by atoms with van der Waals surface area (Å²) in [7, 11) is 0. The molecule has 30 heavy (non-hydrogen) atoms. The van der Waals surface area contributed by atoms with Gasteiger partial charge in [0, 0.05) is 5.56 Å². The van der Waals surface area contributed by atoms with Crippen molar-refractivity contribution in [1.29, 1.82) is 0 Å². The van der Waals surface area contributed by atoms with Crippen molar-refractivity contribution >= 4 is 10.8 Å². The van der Waals surface area contributed by atoms with Crippen LogP contribution in [-0.2, 0) is 6.42 Å². The van der Waals surface area contributed by atoms with E-state index in [-0.39, 0.29) is 5.56 Å². The summed E-state index contributed by atoms with van der Waals surface area (Å²) in [5.74, 6) is 1.80. The molecule has 0 radical (unpaired) electrons. The van der Waals surface area contributed by atoms with Gasteiger partial charge >= 0.3 is 0 Å². The fourth-order valence-electron chi connectivity index (χ4n) is 3.25. The van der Waals surface area contributed by atoms with Gasteiger partial charge in [0.15, 0.2) is 11.6 Å². The smallest absolute Gasteiger partial charge is 0.159 e. The summed E-state index contributed by atoms with van der Waals surface area (Å²) in [6.07, 6.45) is 0.883. The summed E-state index contributed by atoms with van der Waals surface area (Å²) in [5, 5.41) is 0.961. The molecule has 0 aliphatic rings. The normalized spacial score (nSPS) is 10.7. The van der Waals surface area contributed by atoms with Crippen molar-refractivity contribution in [2.45, 2.75) is 13.3 Å². The Morgan fingerprint density at radius 2 is 1.23 bits per heavy atom. The summed E-state index contributed by atoms with van der Waals surface area (Å²) in [5.41, 5.74) is 2.38. The number of hydrogen-bond donors (Lipinski definition) is 0. The Hall–Kier alpha value is -3.58. The zero-order valence-corrected chi connectivity index (χ0v) is 16.1. The number of fused-ring (bicyclic) bond motifs is 1. The van der Waals surface area contributed by atoms with E-state index in [0.717, 1.165) is 24.1 Å². The molecule has 0 N–H and O–H groups in total. The van der Waals surface area contributed by atoms with E-state index >= 15 is 0 Å². The van der Waals surface area contributed by atoms with Crippen molar-refractivity contribution in [1.82, 2.24) is 0 Å². The third kappa shape index (κ3) is 3.92. The number of hydrogen-bond acceptors (Lipinski definition) is 0. The molecule has 4 aromatic carbocycles. The lowest BCUT2D eigenvalue weighted by molar-refractivity contribution is 0.511. The summed E-state index contributed by atoms with van der Waals surface area (Å²) in [6, 6.07) is 16.9. The Morgan fingerprint density at radius 1 is 0.600 bits per heavy atom. The zero-order valence-electron chi connectivity index (χ0n) is 16.1. The van der Waals surface area contributed by atoms with Crippen LogP contribution < -0.4 is 0 Å². The van der Waals surface area contributed by atoms with Gasteiger partial charge in [-0.1, -0.05) is 49.1 Å². The molecular weight excluding hydrogens is 388 g/mol. The van der Waals surface area contributed by atoms with Crippen LogP contribution >= 0.6 is 0 Å². The fourth-order valence-corrected chi connectivity index (χ4v) is 3.25. The molecule has 0 spiro atoms. The maximum atomic E-state index is 14.6. The van der Waals surface area contributed by atoms with Gasteiger partial charge in [0.1, 0.15) is 11.6 Å². The molecule has 0 aromatic heterocycles. The third-order valence-corrected chi connectivity index (χ3v) is 4.95. The first kappa shape index (κ1) is 19.7. The third-order valence-electron chi connectivity index (χ3n) is 4.95. The molecule has 148 valence electrons. The molecule has 0 unspecified atom stereocenters. The SMILES string of the molecule is CCc1ccc(-c2cc(F)c(C#Cc3ccc4cc(F)c(F)cc4c3)c(F)c2)cc1. The highest BCUT2D eigenvalue weighted by molar-refractivity contribution is 5.84. The minimum absolute atomic E-state index is 0.339. The van der Waals surface area contributed by atoms with E-state index in [0.29, 0.717) is 27.5 Å². The minimum atomic E-state index is -0.966. The molecule has 0 bridgehead atoms. The Balaban J connectivity index is 1.68. The molecule has 0 atom stereocenters. The maximum Gasteiger partial charge on any atom is 0.159 e. The van der Waals surface area contributed by atoms with Crippen LogP contribution in [0.5, 0.6) is 0 Å². The molecule has 0 saturated carbocycles. The number of halogens is 4. The molecule has 0 heterocycles. The Labute approximate surface area is 171 Å². The molecule has 4 aromatic rings. The summed E-state index contributed by atoms with van der Waals surface area (Å²) >= 11 is 0. The first-order valence-electron chi connectivity index (χ1n) is 9.44. The van der Waals surface area contributed by atoms with Crippen molar-refractivity contribution in [3.8, 4) is 23.0 Å². The van der Waals surface area contributed by atoms with Crippen LogP contribution in [0.3, 0.4) is 0 Å². The van der Waals surface area contributed by atoms with Crippen molar-refractivity contribution in [2.24, 2.45) is 0 Å². The lowest BCUT2D eigenvalue weighted by atomic mass is 10.0. The topological polar surface area (TPSA) is 0 Å². The average Bonchev–Trinajstić information content (AvgIpc) is 2.74. The van der Waals surface area contributed by atoms with Gasteiger partial charge in [-0.25, -0.2) is 17.6 Å². The minimum Gasteiger partial charge on any atom is -0.205 e. The van der Waals surface area contributed by atoms with E-state index in [2.05, 4.69) is 11.8 Å². The van der Waals surface area contributed by atoms with Crippen LogP contribution in [0.1, 0.15) is 23.6 Å². The summed E-state index contributed by atoms with van der Waals surface area (Å²) in [6.45, 7) is 2.03. The molecule has 0 aliphatic carbocycles. The zero-order chi connectivity index (χ0) is 21.3. The lowest BCUT2D eigenvalue weighted by Gasteiger charge is -2.06. The predicted octanol–water partition coefficient (Wildman–Crippen LogP) is 7.03. The fraction of sp³-hybridized carbons (Fsp3) is 0.0769. The van der Waals surface area contributed by atoms with E-state index in [4.69, 9.17) is 0 Å². The monoisotopic (exact) mass is 404 g/mol. The van der Waals surface area contributed by atoms with Gasteiger partial charge in [-0.15, -0.1) is 0 Å². The second-order valence-electron chi connectivity index (χ2n) is 6.94. The standard InChI is InChI=1S/C26H16F4/c1-2-16-3-7-18(8-4-16)21-13-23(27)22(24(28)14-21)10-6-17-5-9-19-12-25(29)26(30)15-20(19)11-17/h3-5,7-9,11-15H,2H2,1H3. The van der Waals surface area contributed by atoms with E-state index in [1.807, 2.05) is 31.2 Å². The molecule has 4 rings (SSSR count). The van der Waals surface area contributed by atoms with Gasteiger partial charge < -0.3 is 0 Å². The second kappa shape index (κ2) is 8.04. The predicted molar refractivity (Wildman–Crippen MR) is 111 cm³/mol. The average molecular weight is 404 g/mol. The molecule has 4 heteroatoms. The van der Waals surface area contributed by atoms with Crippen LogP contribution in [0.25, 0.3) is 21.9 Å². The van der Waals surface area contributed by atoms with Crippen LogP contribution in [0, 0.1) is 35.1 Å². The van der Waals surface area contributed by atoms with E-state index in [9.17, 15) is 17.6 Å². The van der Waals surface area contributed by atoms with Gasteiger partial charge in [-0.05, 0) is 70.3 Å². The molecule has 0 saturated heterocycles. The van der Waals surface area contributed by atoms with Crippen LogP contribution in [0.15, 0.2) is 66.7 Å². The van der Waals surface area contributed by atoms with Gasteiger partial charge in [0.2, 0.25) is 0 Å². The Bertz CT molecular complexity index is 1290. The highest BCUT2D eigenvalue weighted by Gasteiger charge is 2.11. The highest BCUT2D eigenvalue weighted by atomic mass is 19.2. The van der Waals surface area contributed by atoms with Gasteiger partial charge in [0.25, 0.3) is 0 Å². The number of benzene rings is 4. The number of rotatable bonds is 2. The van der Waals surface area contributed by atoms with E-state index < -0.39 is 23.3 Å². The van der Waals surface area contributed by atoms with E-state index in [1.54, 1.807) is 18.2 Å². The highest BCUT2D eigenvalue weighted by Crippen LogP contribution is 2.25. The summed E-state index contributed by atoms with van der Waals surface area (Å²) < 4.78 is 55.9. The molecule has 0 fully saturated rings. The van der Waals surface area contributed by atoms with Crippen molar-refractivity contribution in [3.05, 3.63) is 107 Å². The Kier molecular flexibility index (Phi) is 5.29. The second-order valence-corrected chi connectivity index (χ2v) is 6.94. The van der Waals surface area contributed by atoms with Crippen molar-refractivity contribution in [3.63, 3.8) is 0 Å². The first-order valence-corrected chi connectivity index (χ1v) is 9.44. The Morgan fingerprint density at radius 3 is 1.87 bits per heavy atom. The maximum absolute atomic E-state index is 14.6.